The van der Waals surface area contributed by atoms with Crippen molar-refractivity contribution in [2.75, 3.05) is 7.11 Å². The third-order valence-corrected chi connectivity index (χ3v) is 11.8. The summed E-state index contributed by atoms with van der Waals surface area (Å²) in [5, 5.41) is 2.69. The number of amides is 2. The molecule has 2 heterocycles. The Morgan fingerprint density at radius 3 is 2.35 bits per heavy atom. The second-order valence-electron chi connectivity index (χ2n) is 14.3. The van der Waals surface area contributed by atoms with Gasteiger partial charge in [0.25, 0.3) is 0 Å². The van der Waals surface area contributed by atoms with Crippen LogP contribution in [0.25, 0.3) is 22.4 Å². The van der Waals surface area contributed by atoms with Gasteiger partial charge in [-0.1, -0.05) is 57.0 Å². The monoisotopic (exact) mass is 700 g/mol. The van der Waals surface area contributed by atoms with Gasteiger partial charge in [-0.2, -0.15) is 21.6 Å². The summed E-state index contributed by atoms with van der Waals surface area (Å²) in [6, 6.07) is 9.85. The third-order valence-electron chi connectivity index (χ3n) is 10.8. The largest absolute Gasteiger partial charge is 0.534 e. The van der Waals surface area contributed by atoms with E-state index in [0.29, 0.717) is 30.1 Å². The number of rotatable bonds is 8. The number of aromatic nitrogens is 2. The molecule has 2 saturated carbocycles. The molecule has 2 amide bonds. The van der Waals surface area contributed by atoms with Gasteiger partial charge in [0.15, 0.2) is 0 Å². The van der Waals surface area contributed by atoms with Crippen LogP contribution in [0, 0.1) is 17.3 Å². The van der Waals surface area contributed by atoms with Crippen LogP contribution in [0.5, 0.6) is 5.75 Å². The molecular formula is C35H39F3N4O6S. The second kappa shape index (κ2) is 12.1. The average molecular weight is 701 g/mol. The van der Waals surface area contributed by atoms with Crippen molar-refractivity contribution in [3.8, 4) is 28.1 Å². The summed E-state index contributed by atoms with van der Waals surface area (Å²) in [5.74, 6) is 0.515. The summed E-state index contributed by atoms with van der Waals surface area (Å²) in [5.41, 5.74) is -0.948. The molecule has 3 fully saturated rings. The van der Waals surface area contributed by atoms with Crippen molar-refractivity contribution < 1.29 is 40.1 Å². The van der Waals surface area contributed by atoms with Gasteiger partial charge >= 0.3 is 21.7 Å². The van der Waals surface area contributed by atoms with E-state index in [1.165, 1.54) is 13.2 Å². The number of H-pyrrole nitrogens is 1. The number of methoxy groups -OCH3 is 1. The molecule has 49 heavy (non-hydrogen) atoms. The topological polar surface area (TPSA) is 131 Å². The van der Waals surface area contributed by atoms with E-state index in [4.69, 9.17) is 4.74 Å². The Bertz CT molecular complexity index is 1890. The number of carbonyl (C=O) groups excluding carboxylic acids is 2. The van der Waals surface area contributed by atoms with E-state index in [1.807, 2.05) is 43.0 Å². The van der Waals surface area contributed by atoms with Crippen LogP contribution in [0.15, 0.2) is 42.6 Å². The number of halogens is 3. The molecule has 0 unspecified atom stereocenters. The molecule has 0 radical (unpaired) electrons. The van der Waals surface area contributed by atoms with E-state index >= 15 is 0 Å². The van der Waals surface area contributed by atoms with Crippen molar-refractivity contribution in [3.63, 3.8) is 0 Å². The molecule has 262 valence electrons. The number of benzene rings is 2. The molecule has 1 spiro atoms. The molecule has 3 aliphatic carbocycles. The Kier molecular flexibility index (Phi) is 8.23. The summed E-state index contributed by atoms with van der Waals surface area (Å²) in [7, 11) is -4.53. The first kappa shape index (κ1) is 33.4. The molecule has 2 N–H and O–H groups in total. The minimum absolute atomic E-state index is 0.106. The third kappa shape index (κ3) is 6.06. The van der Waals surface area contributed by atoms with Gasteiger partial charge < -0.3 is 24.1 Å². The maximum Gasteiger partial charge on any atom is 0.534 e. The first-order chi connectivity index (χ1) is 23.2. The summed E-state index contributed by atoms with van der Waals surface area (Å²) in [4.78, 5) is 35.7. The number of nitrogens with one attached hydrogen (secondary N) is 2. The first-order valence-electron chi connectivity index (χ1n) is 16.7. The average Bonchev–Trinajstić information content (AvgIpc) is 3.52. The molecule has 1 saturated heterocycles. The lowest BCUT2D eigenvalue weighted by Crippen LogP contribution is -2.52. The van der Waals surface area contributed by atoms with Gasteiger partial charge in [0, 0.05) is 11.6 Å². The lowest BCUT2D eigenvalue weighted by molar-refractivity contribution is -0.136. The van der Waals surface area contributed by atoms with E-state index in [9.17, 15) is 31.2 Å². The predicted octanol–water partition coefficient (Wildman–Crippen LogP) is 6.67. The van der Waals surface area contributed by atoms with Crippen LogP contribution in [0.3, 0.4) is 0 Å². The number of piperidine rings is 1. The number of fused-ring (bicyclic) bond motifs is 2. The van der Waals surface area contributed by atoms with Gasteiger partial charge in [-0.05, 0) is 84.1 Å². The Morgan fingerprint density at radius 1 is 1.02 bits per heavy atom. The molecule has 4 aliphatic rings. The number of hydrogen-bond acceptors (Lipinski definition) is 7. The zero-order valence-electron chi connectivity index (χ0n) is 27.5. The van der Waals surface area contributed by atoms with Gasteiger partial charge in [0.1, 0.15) is 17.6 Å². The van der Waals surface area contributed by atoms with Crippen LogP contribution in [-0.4, -0.2) is 60.0 Å². The maximum absolute atomic E-state index is 13.7. The van der Waals surface area contributed by atoms with Crippen LogP contribution in [0.4, 0.5) is 18.0 Å². The number of aromatic amines is 1. The molecule has 2 aromatic carbocycles. The highest BCUT2D eigenvalue weighted by atomic mass is 32.2. The Morgan fingerprint density at radius 2 is 1.69 bits per heavy atom. The van der Waals surface area contributed by atoms with Gasteiger partial charge in [-0.15, -0.1) is 0 Å². The van der Waals surface area contributed by atoms with Crippen LogP contribution in [-0.2, 0) is 32.5 Å². The standard InChI is InChI=1S/C35H39F3N4O6S/c1-19(2)30(41-33(44)47-3)32(43)42-27-14-22(27)15-28(42)31-39-18-26(40-31)21-8-6-20(7-9-21)23-10-11-29(48-49(45,46)35(36,37)38)25-17-34(16-24(23)25)12-4-5-13-34/h6-11,18-19,22,27-28,30H,4-5,12-17H2,1-3H3,(H,39,40)(H,41,44)/t22-,27-,28-,30-/m0/s1. The fraction of sp³-hybridized carbons (Fsp3) is 0.514. The highest BCUT2D eigenvalue weighted by molar-refractivity contribution is 7.88. The van der Waals surface area contributed by atoms with Gasteiger partial charge in [-0.25, -0.2) is 9.78 Å². The number of hydrogen-bond donors (Lipinski definition) is 2. The normalized spacial score (nSPS) is 23.0. The Balaban J connectivity index is 1.14. The quantitative estimate of drug-likeness (QED) is 0.198. The molecule has 10 nitrogen and oxygen atoms in total. The highest BCUT2D eigenvalue weighted by Crippen LogP contribution is 2.55. The van der Waals surface area contributed by atoms with E-state index in [-0.39, 0.29) is 35.1 Å². The Labute approximate surface area is 282 Å². The van der Waals surface area contributed by atoms with E-state index in [0.717, 1.165) is 66.5 Å². The summed E-state index contributed by atoms with van der Waals surface area (Å²) in [6.07, 6.45) is 7.83. The van der Waals surface area contributed by atoms with E-state index < -0.39 is 27.8 Å². The predicted molar refractivity (Wildman–Crippen MR) is 174 cm³/mol. The van der Waals surface area contributed by atoms with Gasteiger partial charge in [0.05, 0.1) is 25.0 Å². The molecule has 1 aromatic heterocycles. The van der Waals surface area contributed by atoms with Crippen molar-refractivity contribution in [1.82, 2.24) is 20.2 Å². The summed E-state index contributed by atoms with van der Waals surface area (Å²) in [6.45, 7) is 3.76. The minimum Gasteiger partial charge on any atom is -0.453 e. The Hall–Kier alpha value is -4.07. The molecule has 1 aliphatic heterocycles. The van der Waals surface area contributed by atoms with Gasteiger partial charge in [-0.3, -0.25) is 4.79 Å². The lowest BCUT2D eigenvalue weighted by atomic mass is 9.83. The SMILES string of the molecule is COC(=O)N[C@H](C(=O)N1[C@H](c2ncc(-c3ccc(-c4ccc(OS(=O)(=O)C(F)(F)F)c5c4CC4(CCCC4)C5)cc3)[nH]2)C[C@@H]2C[C@@H]21)C(C)C. The highest BCUT2D eigenvalue weighted by Gasteiger charge is 2.56. The number of carbonyl (C=O) groups is 2. The van der Waals surface area contributed by atoms with Crippen molar-refractivity contribution >= 4 is 22.1 Å². The maximum atomic E-state index is 13.7. The minimum atomic E-state index is -5.80. The number of imidazole rings is 1. The number of nitrogens with zero attached hydrogens (tertiary/aromatic N) is 2. The van der Waals surface area contributed by atoms with Crippen LogP contribution in [0.1, 0.15) is 75.4 Å². The smallest absolute Gasteiger partial charge is 0.453 e. The summed E-state index contributed by atoms with van der Waals surface area (Å²) < 4.78 is 72.9. The molecule has 7 rings (SSSR count). The lowest BCUT2D eigenvalue weighted by Gasteiger charge is -2.31. The molecule has 3 aromatic rings. The molecular weight excluding hydrogens is 661 g/mol. The van der Waals surface area contributed by atoms with Crippen molar-refractivity contribution in [2.45, 2.75) is 88.8 Å². The van der Waals surface area contributed by atoms with Crippen molar-refractivity contribution in [2.24, 2.45) is 17.3 Å². The number of alkyl carbamates (subject to hydrolysis) is 1. The van der Waals surface area contributed by atoms with Gasteiger partial charge in [0.2, 0.25) is 5.91 Å². The molecule has 14 heteroatoms. The van der Waals surface area contributed by atoms with Crippen LogP contribution >= 0.6 is 0 Å². The summed E-state index contributed by atoms with van der Waals surface area (Å²) >= 11 is 0. The van der Waals surface area contributed by atoms with Crippen molar-refractivity contribution in [1.29, 1.82) is 0 Å². The first-order valence-corrected chi connectivity index (χ1v) is 18.1. The van der Waals surface area contributed by atoms with Crippen LogP contribution in [0.2, 0.25) is 0 Å². The van der Waals surface area contributed by atoms with E-state index in [1.54, 1.807) is 12.3 Å². The fourth-order valence-corrected chi connectivity index (χ4v) is 8.72. The number of likely N-dealkylation sites (tertiary alicyclic amines) is 1. The zero-order chi connectivity index (χ0) is 34.9. The zero-order valence-corrected chi connectivity index (χ0v) is 28.3. The van der Waals surface area contributed by atoms with Crippen LogP contribution < -0.4 is 9.50 Å². The fourth-order valence-electron chi connectivity index (χ4n) is 8.23. The molecule has 4 atom stereocenters. The second-order valence-corrected chi connectivity index (χ2v) is 15.8. The molecule has 0 bridgehead atoms. The van der Waals surface area contributed by atoms with Crippen molar-refractivity contribution in [3.05, 3.63) is 59.5 Å². The number of ether oxygens (including phenoxy) is 1. The van der Waals surface area contributed by atoms with E-state index in [2.05, 4.69) is 19.5 Å². The number of alkyl halides is 3.